The number of aromatic nitrogens is 4. The molecular weight excluding hydrogens is 492 g/mol. The molecule has 0 bridgehead atoms. The van der Waals surface area contributed by atoms with E-state index in [2.05, 4.69) is 15.1 Å². The van der Waals surface area contributed by atoms with Crippen molar-refractivity contribution >= 4 is 28.7 Å². The van der Waals surface area contributed by atoms with Gasteiger partial charge in [-0.1, -0.05) is 30.3 Å². The fraction of sp³-hybridized carbons (Fsp3) is 0.0714. The number of carbonyl (C=O) groups excluding carboxylic acids is 1. The van der Waals surface area contributed by atoms with Crippen LogP contribution in [-0.4, -0.2) is 31.1 Å². The fourth-order valence-corrected chi connectivity index (χ4v) is 4.79. The standard InChI is InChI=1S/C28H19F2N5O3/c29-17-5-3-4-15(8-17)24-21(13-36)20-6-1-2-7-22(20)38-23(24)12-35-28-25(27(31)32-14-33-28)26(34-35)16-9-18(30)11-19(37)10-16/h1-11,13-14,21,37H,12H2,(H2,31,32,33). The van der Waals surface area contributed by atoms with E-state index in [-0.39, 0.29) is 29.4 Å². The number of benzene rings is 3. The Morgan fingerprint density at radius 2 is 1.82 bits per heavy atom. The summed E-state index contributed by atoms with van der Waals surface area (Å²) in [5.41, 5.74) is 8.63. The molecule has 6 rings (SSSR count). The van der Waals surface area contributed by atoms with Gasteiger partial charge in [-0.3, -0.25) is 0 Å². The van der Waals surface area contributed by atoms with Crippen molar-refractivity contribution < 1.29 is 23.4 Å². The molecule has 1 aliphatic rings. The molecule has 38 heavy (non-hydrogen) atoms. The largest absolute Gasteiger partial charge is 0.508 e. The predicted molar refractivity (Wildman–Crippen MR) is 136 cm³/mol. The molecule has 0 amide bonds. The highest BCUT2D eigenvalue weighted by atomic mass is 19.1. The summed E-state index contributed by atoms with van der Waals surface area (Å²) in [6, 6.07) is 16.6. The van der Waals surface area contributed by atoms with Crippen LogP contribution in [0.4, 0.5) is 14.6 Å². The van der Waals surface area contributed by atoms with E-state index in [0.29, 0.717) is 39.2 Å². The van der Waals surface area contributed by atoms with Gasteiger partial charge in [0.25, 0.3) is 0 Å². The van der Waals surface area contributed by atoms with Crippen LogP contribution in [0, 0.1) is 11.6 Å². The van der Waals surface area contributed by atoms with Gasteiger partial charge in [0, 0.05) is 22.8 Å². The van der Waals surface area contributed by atoms with Crippen LogP contribution < -0.4 is 10.5 Å². The second-order valence-electron chi connectivity index (χ2n) is 8.76. The first-order valence-electron chi connectivity index (χ1n) is 11.6. The number of rotatable bonds is 5. The van der Waals surface area contributed by atoms with Crippen LogP contribution in [-0.2, 0) is 11.3 Å². The van der Waals surface area contributed by atoms with Gasteiger partial charge < -0.3 is 20.4 Å². The number of hydrogen-bond donors (Lipinski definition) is 2. The van der Waals surface area contributed by atoms with E-state index in [1.807, 2.05) is 0 Å². The minimum absolute atomic E-state index is 0.0151. The number of aromatic hydroxyl groups is 1. The summed E-state index contributed by atoms with van der Waals surface area (Å²) in [6.45, 7) is -0.0151. The lowest BCUT2D eigenvalue weighted by Gasteiger charge is -2.28. The first-order chi connectivity index (χ1) is 18.4. The van der Waals surface area contributed by atoms with Crippen molar-refractivity contribution in [2.45, 2.75) is 12.5 Å². The van der Waals surface area contributed by atoms with Crippen molar-refractivity contribution in [3.05, 3.63) is 102 Å². The van der Waals surface area contributed by atoms with Crippen molar-refractivity contribution in [1.82, 2.24) is 19.7 Å². The molecule has 8 nitrogen and oxygen atoms in total. The zero-order chi connectivity index (χ0) is 26.4. The molecule has 188 valence electrons. The van der Waals surface area contributed by atoms with Crippen LogP contribution in [0.15, 0.2) is 78.8 Å². The number of nitrogens with two attached hydrogens (primary N) is 1. The average Bonchev–Trinajstić information content (AvgIpc) is 3.27. The number of carbonyl (C=O) groups is 1. The Morgan fingerprint density at radius 1 is 1.00 bits per heavy atom. The normalized spacial score (nSPS) is 14.8. The molecule has 5 aromatic rings. The van der Waals surface area contributed by atoms with Crippen LogP contribution in [0.2, 0.25) is 0 Å². The van der Waals surface area contributed by atoms with E-state index >= 15 is 0 Å². The van der Waals surface area contributed by atoms with E-state index in [4.69, 9.17) is 10.5 Å². The number of ether oxygens (including phenoxy) is 1. The summed E-state index contributed by atoms with van der Waals surface area (Å²) in [5.74, 6) is -1.18. The Hall–Kier alpha value is -5.12. The van der Waals surface area contributed by atoms with Crippen LogP contribution >= 0.6 is 0 Å². The summed E-state index contributed by atoms with van der Waals surface area (Å²) in [5, 5.41) is 15.0. The average molecular weight is 511 g/mol. The summed E-state index contributed by atoms with van der Waals surface area (Å²) < 4.78 is 36.2. The molecule has 3 heterocycles. The second-order valence-corrected chi connectivity index (χ2v) is 8.76. The maximum atomic E-state index is 14.3. The third-order valence-electron chi connectivity index (χ3n) is 6.38. The number of nitrogens with zero attached hydrogens (tertiary/aromatic N) is 4. The van der Waals surface area contributed by atoms with Crippen molar-refractivity contribution in [2.24, 2.45) is 0 Å². The molecule has 3 N–H and O–H groups in total. The highest BCUT2D eigenvalue weighted by molar-refractivity contribution is 5.98. The van der Waals surface area contributed by atoms with E-state index in [9.17, 15) is 18.7 Å². The van der Waals surface area contributed by atoms with E-state index in [1.54, 1.807) is 36.4 Å². The number of aldehydes is 1. The maximum absolute atomic E-state index is 14.3. The summed E-state index contributed by atoms with van der Waals surface area (Å²) >= 11 is 0. The van der Waals surface area contributed by atoms with Crippen molar-refractivity contribution in [2.75, 3.05) is 5.73 Å². The zero-order valence-corrected chi connectivity index (χ0v) is 19.7. The molecule has 3 aromatic carbocycles. The third-order valence-corrected chi connectivity index (χ3v) is 6.38. The molecule has 2 aromatic heterocycles. The van der Waals surface area contributed by atoms with Gasteiger partial charge in [0.15, 0.2) is 5.65 Å². The molecule has 0 spiro atoms. The number of fused-ring (bicyclic) bond motifs is 2. The van der Waals surface area contributed by atoms with Crippen LogP contribution in [0.3, 0.4) is 0 Å². The zero-order valence-electron chi connectivity index (χ0n) is 19.7. The highest BCUT2D eigenvalue weighted by Gasteiger charge is 2.31. The lowest BCUT2D eigenvalue weighted by molar-refractivity contribution is -0.108. The van der Waals surface area contributed by atoms with Crippen LogP contribution in [0.1, 0.15) is 17.0 Å². The number of phenols is 1. The molecule has 0 radical (unpaired) electrons. The number of allylic oxidation sites excluding steroid dienone is 2. The molecule has 1 atom stereocenters. The minimum atomic E-state index is -0.724. The Balaban J connectivity index is 1.57. The molecule has 0 fully saturated rings. The number of para-hydroxylation sites is 1. The molecule has 10 heteroatoms. The Kier molecular flexibility index (Phi) is 5.56. The van der Waals surface area contributed by atoms with Crippen molar-refractivity contribution in [1.29, 1.82) is 0 Å². The molecule has 0 aliphatic carbocycles. The van der Waals surface area contributed by atoms with Gasteiger partial charge in [-0.25, -0.2) is 23.4 Å². The van der Waals surface area contributed by atoms with Crippen molar-refractivity contribution in [3.8, 4) is 22.8 Å². The van der Waals surface area contributed by atoms with Gasteiger partial charge in [-0.2, -0.15) is 5.10 Å². The smallest absolute Gasteiger partial charge is 0.164 e. The van der Waals surface area contributed by atoms with Gasteiger partial charge in [0.2, 0.25) is 0 Å². The second kappa shape index (κ2) is 9.07. The molecule has 1 unspecified atom stereocenters. The fourth-order valence-electron chi connectivity index (χ4n) is 4.79. The lowest BCUT2D eigenvalue weighted by atomic mass is 9.84. The lowest BCUT2D eigenvalue weighted by Crippen LogP contribution is -2.20. The van der Waals surface area contributed by atoms with Crippen LogP contribution in [0.25, 0.3) is 27.9 Å². The van der Waals surface area contributed by atoms with Crippen LogP contribution in [0.5, 0.6) is 11.5 Å². The maximum Gasteiger partial charge on any atom is 0.164 e. The first-order valence-corrected chi connectivity index (χ1v) is 11.6. The number of halogens is 2. The first kappa shape index (κ1) is 23.3. The number of hydrogen-bond acceptors (Lipinski definition) is 7. The van der Waals surface area contributed by atoms with Gasteiger partial charge in [0.05, 0.1) is 11.3 Å². The van der Waals surface area contributed by atoms with E-state index < -0.39 is 17.6 Å². The SMILES string of the molecule is Nc1ncnc2c1c(-c1cc(O)cc(F)c1)nn2CC1=C(c2cccc(F)c2)C(C=O)c2ccccc2O1. The number of phenolic OH excluding ortho intramolecular Hbond substituents is 1. The topological polar surface area (TPSA) is 116 Å². The predicted octanol–water partition coefficient (Wildman–Crippen LogP) is 4.85. The molecule has 1 aliphatic heterocycles. The Morgan fingerprint density at radius 3 is 2.61 bits per heavy atom. The summed E-state index contributed by atoms with van der Waals surface area (Å²) in [7, 11) is 0. The summed E-state index contributed by atoms with van der Waals surface area (Å²) in [4.78, 5) is 20.8. The Labute approximate surface area is 214 Å². The highest BCUT2D eigenvalue weighted by Crippen LogP contribution is 2.44. The quantitative estimate of drug-likeness (QED) is 0.324. The molecule has 0 saturated heterocycles. The number of nitrogen functional groups attached to an aromatic ring is 1. The molecule has 0 saturated carbocycles. The van der Waals surface area contributed by atoms with Gasteiger partial charge >= 0.3 is 0 Å². The van der Waals surface area contributed by atoms with Gasteiger partial charge in [-0.15, -0.1) is 0 Å². The minimum Gasteiger partial charge on any atom is -0.508 e. The third kappa shape index (κ3) is 3.92. The van der Waals surface area contributed by atoms with Gasteiger partial charge in [0.1, 0.15) is 59.6 Å². The van der Waals surface area contributed by atoms with E-state index in [0.717, 1.165) is 12.4 Å². The summed E-state index contributed by atoms with van der Waals surface area (Å²) in [6.07, 6.45) is 2.07. The Bertz CT molecular complexity index is 1750. The number of anilines is 1. The van der Waals surface area contributed by atoms with E-state index in [1.165, 1.54) is 35.3 Å². The van der Waals surface area contributed by atoms with Gasteiger partial charge in [-0.05, 0) is 35.9 Å². The van der Waals surface area contributed by atoms with Crippen molar-refractivity contribution in [3.63, 3.8) is 0 Å². The molecular formula is C28H19F2N5O3. The monoisotopic (exact) mass is 511 g/mol.